The molecular formula is C21H38N4O4. The van der Waals surface area contributed by atoms with Gasteiger partial charge in [0.2, 0.25) is 11.8 Å². The van der Waals surface area contributed by atoms with Crippen LogP contribution in [-0.4, -0.2) is 67.7 Å². The van der Waals surface area contributed by atoms with Gasteiger partial charge in [0.25, 0.3) is 0 Å². The minimum Gasteiger partial charge on any atom is -0.382 e. The van der Waals surface area contributed by atoms with Crippen molar-refractivity contribution in [1.82, 2.24) is 20.9 Å². The SMILES string of the molecule is CCOCCCNC(=O)C1CCN(C(C)C(=O)NC(=O)NC2CCCCC2)CC1. The Bertz CT molecular complexity index is 529. The first-order valence-corrected chi connectivity index (χ1v) is 11.2. The molecule has 1 heterocycles. The lowest BCUT2D eigenvalue weighted by Crippen LogP contribution is -2.53. The van der Waals surface area contributed by atoms with Gasteiger partial charge in [-0.2, -0.15) is 0 Å². The van der Waals surface area contributed by atoms with Crippen molar-refractivity contribution in [2.45, 2.75) is 77.3 Å². The summed E-state index contributed by atoms with van der Waals surface area (Å²) in [6, 6.07) is -0.605. The third-order valence-electron chi connectivity index (χ3n) is 5.97. The van der Waals surface area contributed by atoms with Gasteiger partial charge >= 0.3 is 6.03 Å². The number of carbonyl (C=O) groups excluding carboxylic acids is 3. The first-order valence-electron chi connectivity index (χ1n) is 11.2. The summed E-state index contributed by atoms with van der Waals surface area (Å²) in [5.41, 5.74) is 0. The van der Waals surface area contributed by atoms with Gasteiger partial charge in [0.05, 0.1) is 6.04 Å². The number of likely N-dealkylation sites (tertiary alicyclic amines) is 1. The van der Waals surface area contributed by atoms with Gasteiger partial charge in [-0.15, -0.1) is 0 Å². The van der Waals surface area contributed by atoms with Gasteiger partial charge in [0.1, 0.15) is 0 Å². The van der Waals surface area contributed by atoms with E-state index in [1.807, 2.05) is 18.7 Å². The molecule has 2 aliphatic rings. The molecule has 1 unspecified atom stereocenters. The highest BCUT2D eigenvalue weighted by atomic mass is 16.5. The molecule has 4 amide bonds. The van der Waals surface area contributed by atoms with E-state index in [9.17, 15) is 14.4 Å². The highest BCUT2D eigenvalue weighted by Gasteiger charge is 2.30. The molecule has 2 fully saturated rings. The Morgan fingerprint density at radius 3 is 2.41 bits per heavy atom. The summed E-state index contributed by atoms with van der Waals surface area (Å²) in [6.07, 6.45) is 7.72. The van der Waals surface area contributed by atoms with Gasteiger partial charge < -0.3 is 15.4 Å². The maximum atomic E-state index is 12.4. The van der Waals surface area contributed by atoms with E-state index in [-0.39, 0.29) is 29.8 Å². The van der Waals surface area contributed by atoms with Crippen LogP contribution in [-0.2, 0) is 14.3 Å². The molecule has 0 bridgehead atoms. The molecule has 166 valence electrons. The second kappa shape index (κ2) is 12.8. The highest BCUT2D eigenvalue weighted by molar-refractivity contribution is 5.96. The van der Waals surface area contributed by atoms with Crippen molar-refractivity contribution in [3.05, 3.63) is 0 Å². The average Bonchev–Trinajstić information content (AvgIpc) is 2.73. The fourth-order valence-corrected chi connectivity index (χ4v) is 4.07. The predicted octanol–water partition coefficient (Wildman–Crippen LogP) is 1.79. The minimum absolute atomic E-state index is 0.0109. The zero-order valence-corrected chi connectivity index (χ0v) is 18.0. The lowest BCUT2D eigenvalue weighted by atomic mass is 9.95. The molecule has 0 aromatic carbocycles. The van der Waals surface area contributed by atoms with Crippen LogP contribution in [0.4, 0.5) is 4.79 Å². The quantitative estimate of drug-likeness (QED) is 0.503. The molecule has 8 nitrogen and oxygen atoms in total. The van der Waals surface area contributed by atoms with Gasteiger partial charge in [-0.25, -0.2) is 4.79 Å². The lowest BCUT2D eigenvalue weighted by Gasteiger charge is -2.34. The van der Waals surface area contributed by atoms with Crippen molar-refractivity contribution < 1.29 is 19.1 Å². The number of imide groups is 1. The second-order valence-electron chi connectivity index (χ2n) is 8.13. The summed E-state index contributed by atoms with van der Waals surface area (Å²) in [5, 5.41) is 8.36. The lowest BCUT2D eigenvalue weighted by molar-refractivity contribution is -0.128. The number of hydrogen-bond acceptors (Lipinski definition) is 5. The monoisotopic (exact) mass is 410 g/mol. The molecule has 3 N–H and O–H groups in total. The van der Waals surface area contributed by atoms with Crippen LogP contribution < -0.4 is 16.0 Å². The highest BCUT2D eigenvalue weighted by Crippen LogP contribution is 2.19. The van der Waals surface area contributed by atoms with Gasteiger partial charge in [0.15, 0.2) is 0 Å². The molecule has 1 aliphatic carbocycles. The number of hydrogen-bond donors (Lipinski definition) is 3. The van der Waals surface area contributed by atoms with Crippen molar-refractivity contribution in [2.24, 2.45) is 5.92 Å². The van der Waals surface area contributed by atoms with Crippen LogP contribution in [0.2, 0.25) is 0 Å². The van der Waals surface area contributed by atoms with Gasteiger partial charge in [-0.3, -0.25) is 19.8 Å². The Hall–Kier alpha value is -1.67. The summed E-state index contributed by atoms with van der Waals surface area (Å²) in [4.78, 5) is 38.8. The van der Waals surface area contributed by atoms with Gasteiger partial charge in [-0.05, 0) is 59.0 Å². The number of amides is 4. The number of urea groups is 1. The van der Waals surface area contributed by atoms with Crippen LogP contribution in [0.1, 0.15) is 65.2 Å². The number of ether oxygens (including phenoxy) is 1. The minimum atomic E-state index is -0.393. The predicted molar refractivity (Wildman–Crippen MR) is 111 cm³/mol. The van der Waals surface area contributed by atoms with E-state index in [0.717, 1.165) is 44.9 Å². The van der Waals surface area contributed by atoms with E-state index in [1.165, 1.54) is 6.42 Å². The van der Waals surface area contributed by atoms with E-state index < -0.39 is 6.03 Å². The van der Waals surface area contributed by atoms with Crippen LogP contribution in [0.15, 0.2) is 0 Å². The number of carbonyl (C=O) groups is 3. The van der Waals surface area contributed by atoms with E-state index in [1.54, 1.807) is 0 Å². The van der Waals surface area contributed by atoms with Crippen molar-refractivity contribution in [1.29, 1.82) is 0 Å². The topological polar surface area (TPSA) is 99.8 Å². The Kier molecular flexibility index (Phi) is 10.4. The van der Waals surface area contributed by atoms with Gasteiger partial charge in [-0.1, -0.05) is 19.3 Å². The number of rotatable bonds is 9. The molecular weight excluding hydrogens is 372 g/mol. The summed E-state index contributed by atoms with van der Waals surface area (Å²) < 4.78 is 5.27. The Balaban J connectivity index is 1.65. The van der Waals surface area contributed by atoms with Crippen molar-refractivity contribution in [2.75, 3.05) is 32.8 Å². The molecule has 0 spiro atoms. The Morgan fingerprint density at radius 1 is 1.07 bits per heavy atom. The van der Waals surface area contributed by atoms with Crippen LogP contribution in [0.3, 0.4) is 0 Å². The fraction of sp³-hybridized carbons (Fsp3) is 0.857. The normalized spacial score (nSPS) is 20.1. The van der Waals surface area contributed by atoms with Crippen molar-refractivity contribution in [3.8, 4) is 0 Å². The Labute approximate surface area is 174 Å². The largest absolute Gasteiger partial charge is 0.382 e. The van der Waals surface area contributed by atoms with Crippen LogP contribution in [0, 0.1) is 5.92 Å². The molecule has 0 aromatic rings. The summed E-state index contributed by atoms with van der Waals surface area (Å²) in [7, 11) is 0. The fourth-order valence-electron chi connectivity index (χ4n) is 4.07. The molecule has 1 saturated carbocycles. The van der Waals surface area contributed by atoms with Crippen LogP contribution >= 0.6 is 0 Å². The molecule has 1 aliphatic heterocycles. The van der Waals surface area contributed by atoms with Crippen LogP contribution in [0.25, 0.3) is 0 Å². The summed E-state index contributed by atoms with van der Waals surface area (Å²) >= 11 is 0. The Morgan fingerprint density at radius 2 is 1.76 bits per heavy atom. The van der Waals surface area contributed by atoms with Crippen molar-refractivity contribution >= 4 is 17.8 Å². The molecule has 0 radical (unpaired) electrons. The van der Waals surface area contributed by atoms with E-state index in [4.69, 9.17) is 4.74 Å². The standard InChI is InChI=1S/C21H38N4O4/c1-3-29-15-7-12-22-20(27)17-10-13-25(14-11-17)16(2)19(26)24-21(28)23-18-8-5-4-6-9-18/h16-18H,3-15H2,1-2H3,(H,22,27)(H2,23,24,26,28). The molecule has 29 heavy (non-hydrogen) atoms. The molecule has 8 heteroatoms. The van der Waals surface area contributed by atoms with E-state index in [2.05, 4.69) is 16.0 Å². The van der Waals surface area contributed by atoms with Crippen molar-refractivity contribution in [3.63, 3.8) is 0 Å². The first kappa shape index (κ1) is 23.6. The number of nitrogens with zero attached hydrogens (tertiary/aromatic N) is 1. The number of piperidine rings is 1. The first-order chi connectivity index (χ1) is 14.0. The third-order valence-corrected chi connectivity index (χ3v) is 5.97. The van der Waals surface area contributed by atoms with E-state index in [0.29, 0.717) is 32.8 Å². The van der Waals surface area contributed by atoms with Gasteiger partial charge in [0, 0.05) is 31.7 Å². The zero-order chi connectivity index (χ0) is 21.1. The molecule has 1 saturated heterocycles. The summed E-state index contributed by atoms with van der Waals surface area (Å²) in [5.74, 6) is -0.203. The zero-order valence-electron chi connectivity index (χ0n) is 18.0. The molecule has 1 atom stereocenters. The summed E-state index contributed by atoms with van der Waals surface area (Å²) in [6.45, 7) is 7.12. The van der Waals surface area contributed by atoms with E-state index >= 15 is 0 Å². The maximum absolute atomic E-state index is 12.4. The second-order valence-corrected chi connectivity index (χ2v) is 8.13. The average molecular weight is 411 g/mol. The maximum Gasteiger partial charge on any atom is 0.321 e. The molecule has 0 aromatic heterocycles. The smallest absolute Gasteiger partial charge is 0.321 e. The van der Waals surface area contributed by atoms with Crippen LogP contribution in [0.5, 0.6) is 0 Å². The molecule has 2 rings (SSSR count). The number of nitrogens with one attached hydrogen (secondary N) is 3. The third kappa shape index (κ3) is 8.30.